The molecule has 3 N–H and O–H groups in total. The lowest BCUT2D eigenvalue weighted by atomic mass is 10.0. The molecule has 0 saturated heterocycles. The van der Waals surface area contributed by atoms with Crippen molar-refractivity contribution < 1.29 is 9.90 Å². The Morgan fingerprint density at radius 3 is 2.11 bits per heavy atom. The van der Waals surface area contributed by atoms with Crippen molar-refractivity contribution in [1.29, 1.82) is 0 Å². The highest BCUT2D eigenvalue weighted by Gasteiger charge is 2.08. The van der Waals surface area contributed by atoms with Crippen molar-refractivity contribution in [2.45, 2.75) is 122 Å². The fraction of sp³-hybridized carbons (Fsp3) is 0.710. The molecule has 0 aliphatic carbocycles. The molecule has 1 unspecified atom stereocenters. The monoisotopic (exact) mass is 486 g/mol. The minimum absolute atomic E-state index is 0.179. The van der Waals surface area contributed by atoms with E-state index in [1.54, 1.807) is 0 Å². The van der Waals surface area contributed by atoms with Crippen LogP contribution >= 0.6 is 0 Å². The number of benzene rings is 1. The molecule has 0 aliphatic rings. The number of carbonyl (C=O) groups excluding carboxylic acids is 1. The van der Waals surface area contributed by atoms with E-state index < -0.39 is 0 Å². The minimum atomic E-state index is 0.179. The van der Waals surface area contributed by atoms with Gasteiger partial charge in [0.2, 0.25) is 5.91 Å². The number of aliphatic hydroxyl groups excluding tert-OH is 1. The van der Waals surface area contributed by atoms with Gasteiger partial charge in [-0.2, -0.15) is 0 Å². The van der Waals surface area contributed by atoms with Crippen LogP contribution in [0.3, 0.4) is 0 Å². The van der Waals surface area contributed by atoms with Crippen molar-refractivity contribution in [1.82, 2.24) is 10.6 Å². The third kappa shape index (κ3) is 20.3. The molecule has 1 aromatic carbocycles. The number of unbranched alkanes of at least 4 members (excludes halogenated alkanes) is 11. The van der Waals surface area contributed by atoms with E-state index >= 15 is 0 Å². The van der Waals surface area contributed by atoms with E-state index in [2.05, 4.69) is 54.0 Å². The Morgan fingerprint density at radius 2 is 1.46 bits per heavy atom. The number of aliphatic hydroxyl groups is 1. The van der Waals surface area contributed by atoms with Gasteiger partial charge in [0.15, 0.2) is 0 Å². The zero-order valence-electron chi connectivity index (χ0n) is 22.6. The molecule has 4 heteroatoms. The molecular weight excluding hydrogens is 432 g/mol. The van der Waals surface area contributed by atoms with Crippen molar-refractivity contribution in [3.63, 3.8) is 0 Å². The number of carbonyl (C=O) groups is 1. The molecule has 1 amide bonds. The topological polar surface area (TPSA) is 61.4 Å². The largest absolute Gasteiger partial charge is 0.396 e. The molecule has 1 rings (SSSR count). The van der Waals surface area contributed by atoms with Crippen LogP contribution in [0.5, 0.6) is 0 Å². The summed E-state index contributed by atoms with van der Waals surface area (Å²) in [7, 11) is 0. The first-order valence-corrected chi connectivity index (χ1v) is 14.6. The van der Waals surface area contributed by atoms with Gasteiger partial charge in [0.05, 0.1) is 0 Å². The maximum atomic E-state index is 12.0. The van der Waals surface area contributed by atoms with E-state index in [4.69, 9.17) is 0 Å². The Kier molecular flexibility index (Phi) is 21.6. The Labute approximate surface area is 216 Å². The molecule has 0 heterocycles. The summed E-state index contributed by atoms with van der Waals surface area (Å²) < 4.78 is 0. The molecule has 200 valence electrons. The molecular formula is C31H54N2O2. The number of nitrogens with one attached hydrogen (secondary N) is 2. The number of rotatable bonds is 24. The van der Waals surface area contributed by atoms with Gasteiger partial charge in [-0.05, 0) is 63.5 Å². The van der Waals surface area contributed by atoms with E-state index in [-0.39, 0.29) is 18.6 Å². The standard InChI is InChI=1S/C31H54N2O2/c1-2-3-4-5-6-7-8-9-10-11-12-13-14-15-19-23-31(35)33-26-20-25-32-30(24-27-34)28-29-21-17-16-18-22-29/h9-10,16-18,21-22,30,32,34H,2-8,11-15,19-20,23-28H2,1H3,(H,33,35)/b10-9+. The lowest BCUT2D eigenvalue weighted by molar-refractivity contribution is -0.121. The number of hydrogen-bond donors (Lipinski definition) is 3. The molecule has 0 aliphatic heterocycles. The van der Waals surface area contributed by atoms with Crippen molar-refractivity contribution in [3.8, 4) is 0 Å². The van der Waals surface area contributed by atoms with Gasteiger partial charge < -0.3 is 15.7 Å². The van der Waals surface area contributed by atoms with Crippen LogP contribution in [0.2, 0.25) is 0 Å². The van der Waals surface area contributed by atoms with Gasteiger partial charge in [-0.1, -0.05) is 101 Å². The number of hydrogen-bond acceptors (Lipinski definition) is 3. The first-order valence-electron chi connectivity index (χ1n) is 14.6. The fourth-order valence-electron chi connectivity index (χ4n) is 4.40. The second-order valence-corrected chi connectivity index (χ2v) is 9.89. The summed E-state index contributed by atoms with van der Waals surface area (Å²) in [5.74, 6) is 0.179. The van der Waals surface area contributed by atoms with Gasteiger partial charge in [0, 0.05) is 25.6 Å². The maximum Gasteiger partial charge on any atom is 0.219 e. The smallest absolute Gasteiger partial charge is 0.219 e. The van der Waals surface area contributed by atoms with Crippen LogP contribution in [0, 0.1) is 0 Å². The first-order chi connectivity index (χ1) is 17.3. The third-order valence-corrected chi connectivity index (χ3v) is 6.58. The minimum Gasteiger partial charge on any atom is -0.396 e. The summed E-state index contributed by atoms with van der Waals surface area (Å²) in [4.78, 5) is 12.0. The van der Waals surface area contributed by atoms with Crippen LogP contribution in [-0.4, -0.2) is 36.8 Å². The van der Waals surface area contributed by atoms with E-state index in [1.807, 2.05) is 6.07 Å². The first kappa shape index (κ1) is 31.4. The Bertz CT molecular complexity index is 618. The highest BCUT2D eigenvalue weighted by molar-refractivity contribution is 5.75. The van der Waals surface area contributed by atoms with Gasteiger partial charge >= 0.3 is 0 Å². The van der Waals surface area contributed by atoms with Gasteiger partial charge in [-0.25, -0.2) is 0 Å². The molecule has 35 heavy (non-hydrogen) atoms. The molecule has 0 spiro atoms. The second kappa shape index (κ2) is 24.1. The predicted octanol–water partition coefficient (Wildman–Crippen LogP) is 7.11. The predicted molar refractivity (Wildman–Crippen MR) is 151 cm³/mol. The Hall–Kier alpha value is -1.65. The lowest BCUT2D eigenvalue weighted by Gasteiger charge is -2.18. The molecule has 0 radical (unpaired) electrons. The normalized spacial score (nSPS) is 12.3. The van der Waals surface area contributed by atoms with Crippen molar-refractivity contribution in [3.05, 3.63) is 48.0 Å². The number of allylic oxidation sites excluding steroid dienone is 2. The molecule has 1 atom stereocenters. The zero-order valence-corrected chi connectivity index (χ0v) is 22.6. The van der Waals surface area contributed by atoms with Crippen LogP contribution in [0.15, 0.2) is 42.5 Å². The van der Waals surface area contributed by atoms with E-state index in [9.17, 15) is 9.90 Å². The van der Waals surface area contributed by atoms with Crippen LogP contribution in [0.4, 0.5) is 0 Å². The molecule has 0 saturated carbocycles. The van der Waals surface area contributed by atoms with Gasteiger partial charge in [-0.3, -0.25) is 4.79 Å². The lowest BCUT2D eigenvalue weighted by Crippen LogP contribution is -2.34. The summed E-state index contributed by atoms with van der Waals surface area (Å²) in [6.07, 6.45) is 24.6. The molecule has 0 aromatic heterocycles. The van der Waals surface area contributed by atoms with Crippen LogP contribution in [0.1, 0.15) is 115 Å². The summed E-state index contributed by atoms with van der Waals surface area (Å²) >= 11 is 0. The van der Waals surface area contributed by atoms with E-state index in [0.717, 1.165) is 38.6 Å². The van der Waals surface area contributed by atoms with Crippen LogP contribution in [-0.2, 0) is 11.2 Å². The quantitative estimate of drug-likeness (QED) is 0.108. The summed E-state index contributed by atoms with van der Waals surface area (Å²) in [6, 6.07) is 10.7. The van der Waals surface area contributed by atoms with Crippen molar-refractivity contribution in [2.75, 3.05) is 19.7 Å². The SMILES string of the molecule is CCCCCCCC/C=C/CCCCCCCC(=O)NCCCNC(CCO)Cc1ccccc1. The van der Waals surface area contributed by atoms with Gasteiger partial charge in [0.1, 0.15) is 0 Å². The summed E-state index contributed by atoms with van der Waals surface area (Å²) in [5.41, 5.74) is 1.28. The second-order valence-electron chi connectivity index (χ2n) is 9.89. The molecule has 0 bridgehead atoms. The molecule has 4 nitrogen and oxygen atoms in total. The highest BCUT2D eigenvalue weighted by atomic mass is 16.3. The number of amides is 1. The third-order valence-electron chi connectivity index (χ3n) is 6.58. The highest BCUT2D eigenvalue weighted by Crippen LogP contribution is 2.10. The van der Waals surface area contributed by atoms with Gasteiger partial charge in [-0.15, -0.1) is 0 Å². The average molecular weight is 487 g/mol. The molecule has 0 fully saturated rings. The molecule has 1 aromatic rings. The van der Waals surface area contributed by atoms with Crippen molar-refractivity contribution in [2.24, 2.45) is 0 Å². The summed E-state index contributed by atoms with van der Waals surface area (Å²) in [5, 5.41) is 15.9. The van der Waals surface area contributed by atoms with Crippen LogP contribution < -0.4 is 10.6 Å². The van der Waals surface area contributed by atoms with Crippen molar-refractivity contribution >= 4 is 5.91 Å². The van der Waals surface area contributed by atoms with E-state index in [1.165, 1.54) is 76.2 Å². The Morgan fingerprint density at radius 1 is 0.829 bits per heavy atom. The average Bonchev–Trinajstić information content (AvgIpc) is 2.87. The van der Waals surface area contributed by atoms with Gasteiger partial charge in [0.25, 0.3) is 0 Å². The fourth-order valence-corrected chi connectivity index (χ4v) is 4.40. The zero-order chi connectivity index (χ0) is 25.2. The summed E-state index contributed by atoms with van der Waals surface area (Å²) in [6.45, 7) is 4.03. The Balaban J connectivity index is 1.89. The maximum absolute atomic E-state index is 12.0. The van der Waals surface area contributed by atoms with Crippen LogP contribution in [0.25, 0.3) is 0 Å². The van der Waals surface area contributed by atoms with E-state index in [0.29, 0.717) is 13.0 Å².